The summed E-state index contributed by atoms with van der Waals surface area (Å²) in [7, 11) is 3.16. The summed E-state index contributed by atoms with van der Waals surface area (Å²) in [5.41, 5.74) is 4.91. The van der Waals surface area contributed by atoms with Gasteiger partial charge in [-0.1, -0.05) is 0 Å². The first-order valence-electron chi connectivity index (χ1n) is 11.0. The summed E-state index contributed by atoms with van der Waals surface area (Å²) >= 11 is 0. The number of carbonyl (C=O) groups excluding carboxylic acids is 2. The Balaban J connectivity index is 1.51. The molecule has 5 rings (SSSR count). The van der Waals surface area contributed by atoms with E-state index in [4.69, 9.17) is 0 Å². The zero-order chi connectivity index (χ0) is 24.7. The number of ether oxygens (including phenoxy) is 1. The molecule has 1 aromatic carbocycles. The average Bonchev–Trinajstić information content (AvgIpc) is 3.29. The van der Waals surface area contributed by atoms with Crippen LogP contribution in [0.15, 0.2) is 55.0 Å². The number of hydrogen-bond donors (Lipinski definition) is 1. The Bertz CT molecular complexity index is 1450. The second-order valence-corrected chi connectivity index (χ2v) is 8.31. The number of carbonyl (C=O) groups is 2. The Labute approximate surface area is 200 Å². The SMILES string of the molecule is COC(=O)Nc1ccc(-c2cnc3c(C)cc(C(=O)N4CCN(C)c5cc(F)ccc54)cn23)cn1. The van der Waals surface area contributed by atoms with Crippen LogP contribution in [-0.2, 0) is 4.74 Å². The van der Waals surface area contributed by atoms with E-state index in [1.807, 2.05) is 29.3 Å². The maximum absolute atomic E-state index is 13.8. The number of nitrogens with zero attached hydrogens (tertiary/aromatic N) is 5. The Kier molecular flexibility index (Phi) is 5.56. The highest BCUT2D eigenvalue weighted by Gasteiger charge is 2.27. The molecule has 3 aromatic heterocycles. The third-order valence-electron chi connectivity index (χ3n) is 6.06. The maximum Gasteiger partial charge on any atom is 0.412 e. The van der Waals surface area contributed by atoms with E-state index in [9.17, 15) is 14.0 Å². The molecular formula is C25H23FN6O3. The molecule has 0 radical (unpaired) electrons. The molecule has 178 valence electrons. The molecule has 9 nitrogen and oxygen atoms in total. The number of likely N-dealkylation sites (N-methyl/N-ethyl adjacent to an activating group) is 1. The highest BCUT2D eigenvalue weighted by Crippen LogP contribution is 2.34. The van der Waals surface area contributed by atoms with Gasteiger partial charge in [0.25, 0.3) is 5.91 Å². The number of nitrogens with one attached hydrogen (secondary N) is 1. The van der Waals surface area contributed by atoms with Gasteiger partial charge >= 0.3 is 6.09 Å². The minimum absolute atomic E-state index is 0.175. The van der Waals surface area contributed by atoms with Gasteiger partial charge in [0, 0.05) is 38.1 Å². The van der Waals surface area contributed by atoms with Crippen LogP contribution >= 0.6 is 0 Å². The van der Waals surface area contributed by atoms with Crippen LogP contribution in [0.4, 0.5) is 26.4 Å². The molecule has 10 heteroatoms. The van der Waals surface area contributed by atoms with Crippen molar-refractivity contribution in [1.82, 2.24) is 14.4 Å². The Morgan fingerprint density at radius 3 is 2.63 bits per heavy atom. The van der Waals surface area contributed by atoms with Crippen LogP contribution in [0.1, 0.15) is 15.9 Å². The van der Waals surface area contributed by atoms with Crippen LogP contribution in [0.3, 0.4) is 0 Å². The Hall–Kier alpha value is -4.47. The fourth-order valence-corrected chi connectivity index (χ4v) is 4.25. The average molecular weight is 474 g/mol. The number of aryl methyl sites for hydroxylation is 1. The minimum atomic E-state index is -0.605. The van der Waals surface area contributed by atoms with E-state index in [2.05, 4.69) is 20.0 Å². The second kappa shape index (κ2) is 8.71. The van der Waals surface area contributed by atoms with E-state index in [0.717, 1.165) is 16.8 Å². The lowest BCUT2D eigenvalue weighted by atomic mass is 10.1. The molecule has 1 N–H and O–H groups in total. The summed E-state index contributed by atoms with van der Waals surface area (Å²) in [4.78, 5) is 37.4. The van der Waals surface area contributed by atoms with Gasteiger partial charge in [0.15, 0.2) is 0 Å². The number of pyridine rings is 2. The fourth-order valence-electron chi connectivity index (χ4n) is 4.25. The van der Waals surface area contributed by atoms with E-state index in [-0.39, 0.29) is 11.7 Å². The van der Waals surface area contributed by atoms with Crippen molar-refractivity contribution < 1.29 is 18.7 Å². The third kappa shape index (κ3) is 4.03. The molecule has 0 atom stereocenters. The molecule has 0 spiro atoms. The van der Waals surface area contributed by atoms with E-state index in [0.29, 0.717) is 41.5 Å². The molecule has 35 heavy (non-hydrogen) atoms. The first-order valence-corrected chi connectivity index (χ1v) is 11.0. The van der Waals surface area contributed by atoms with E-state index < -0.39 is 6.09 Å². The number of hydrogen-bond acceptors (Lipinski definition) is 6. The summed E-state index contributed by atoms with van der Waals surface area (Å²) in [6.07, 6.45) is 4.49. The minimum Gasteiger partial charge on any atom is -0.453 e. The zero-order valence-electron chi connectivity index (χ0n) is 19.4. The molecule has 0 fully saturated rings. The standard InChI is InChI=1S/C25H23FN6O3/c1-15-10-17(24(33)31-9-8-30(2)20-11-18(26)5-6-19(20)31)14-32-21(13-28-23(15)32)16-4-7-22(27-12-16)29-25(34)35-3/h4-7,10-14H,8-9H2,1-3H3,(H,27,29,34). The quantitative estimate of drug-likeness (QED) is 0.480. The highest BCUT2D eigenvalue weighted by molar-refractivity contribution is 6.08. The Morgan fingerprint density at radius 2 is 1.89 bits per heavy atom. The molecule has 0 unspecified atom stereocenters. The molecule has 2 amide bonds. The van der Waals surface area contributed by atoms with Crippen molar-refractivity contribution in [1.29, 1.82) is 0 Å². The number of benzene rings is 1. The Morgan fingerprint density at radius 1 is 1.06 bits per heavy atom. The van der Waals surface area contributed by atoms with Gasteiger partial charge in [-0.3, -0.25) is 14.5 Å². The van der Waals surface area contributed by atoms with Crippen molar-refractivity contribution >= 4 is 34.8 Å². The number of aromatic nitrogens is 3. The normalized spacial score (nSPS) is 13.0. The number of imidazole rings is 1. The van der Waals surface area contributed by atoms with Crippen LogP contribution in [-0.4, -0.2) is 53.6 Å². The first kappa shape index (κ1) is 22.3. The molecule has 4 aromatic rings. The van der Waals surface area contributed by atoms with Gasteiger partial charge in [-0.2, -0.15) is 0 Å². The van der Waals surface area contributed by atoms with Crippen LogP contribution in [0.25, 0.3) is 16.9 Å². The first-order chi connectivity index (χ1) is 16.9. The lowest BCUT2D eigenvalue weighted by Crippen LogP contribution is -2.42. The number of fused-ring (bicyclic) bond motifs is 2. The lowest BCUT2D eigenvalue weighted by molar-refractivity contribution is 0.0986. The van der Waals surface area contributed by atoms with Gasteiger partial charge in [-0.15, -0.1) is 0 Å². The largest absolute Gasteiger partial charge is 0.453 e. The van der Waals surface area contributed by atoms with E-state index >= 15 is 0 Å². The summed E-state index contributed by atoms with van der Waals surface area (Å²) in [5.74, 6) is -0.162. The summed E-state index contributed by atoms with van der Waals surface area (Å²) in [6, 6.07) is 9.74. The van der Waals surface area contributed by atoms with Gasteiger partial charge in [-0.05, 0) is 48.9 Å². The molecule has 4 heterocycles. The molecule has 0 saturated carbocycles. The third-order valence-corrected chi connectivity index (χ3v) is 6.06. The number of amides is 2. The fraction of sp³-hybridized carbons (Fsp3) is 0.200. The van der Waals surface area contributed by atoms with Crippen LogP contribution < -0.4 is 15.1 Å². The van der Waals surface area contributed by atoms with Crippen molar-refractivity contribution in [3.05, 3.63) is 71.9 Å². The summed E-state index contributed by atoms with van der Waals surface area (Å²) in [6.45, 7) is 2.98. The van der Waals surface area contributed by atoms with Crippen LogP contribution in [0.2, 0.25) is 0 Å². The maximum atomic E-state index is 13.8. The lowest BCUT2D eigenvalue weighted by Gasteiger charge is -2.35. The molecular weight excluding hydrogens is 451 g/mol. The molecule has 0 saturated heterocycles. The van der Waals surface area contributed by atoms with Crippen molar-refractivity contribution in [2.45, 2.75) is 6.92 Å². The molecule has 1 aliphatic heterocycles. The van der Waals surface area contributed by atoms with E-state index in [1.54, 1.807) is 41.7 Å². The topological polar surface area (TPSA) is 92.1 Å². The number of anilines is 3. The van der Waals surface area contributed by atoms with Crippen LogP contribution in [0, 0.1) is 12.7 Å². The monoisotopic (exact) mass is 474 g/mol. The van der Waals surface area contributed by atoms with Gasteiger partial charge in [0.2, 0.25) is 0 Å². The predicted molar refractivity (Wildman–Crippen MR) is 131 cm³/mol. The molecule has 1 aliphatic rings. The van der Waals surface area contributed by atoms with Crippen LogP contribution in [0.5, 0.6) is 0 Å². The molecule has 0 bridgehead atoms. The van der Waals surface area contributed by atoms with E-state index in [1.165, 1.54) is 19.2 Å². The summed E-state index contributed by atoms with van der Waals surface area (Å²) in [5, 5.41) is 2.51. The van der Waals surface area contributed by atoms with Crippen molar-refractivity contribution in [3.63, 3.8) is 0 Å². The van der Waals surface area contributed by atoms with Crippen molar-refractivity contribution in [2.75, 3.05) is 42.4 Å². The smallest absolute Gasteiger partial charge is 0.412 e. The molecule has 0 aliphatic carbocycles. The number of methoxy groups -OCH3 is 1. The zero-order valence-corrected chi connectivity index (χ0v) is 19.4. The van der Waals surface area contributed by atoms with Gasteiger partial charge < -0.3 is 14.5 Å². The number of rotatable bonds is 3. The highest BCUT2D eigenvalue weighted by atomic mass is 19.1. The summed E-state index contributed by atoms with van der Waals surface area (Å²) < 4.78 is 20.3. The van der Waals surface area contributed by atoms with Gasteiger partial charge in [0.1, 0.15) is 17.3 Å². The predicted octanol–water partition coefficient (Wildman–Crippen LogP) is 4.12. The van der Waals surface area contributed by atoms with Gasteiger partial charge in [0.05, 0.1) is 35.9 Å². The van der Waals surface area contributed by atoms with Crippen molar-refractivity contribution in [2.24, 2.45) is 0 Å². The van der Waals surface area contributed by atoms with Crippen molar-refractivity contribution in [3.8, 4) is 11.3 Å². The number of halogens is 1. The second-order valence-electron chi connectivity index (χ2n) is 8.31. The van der Waals surface area contributed by atoms with Gasteiger partial charge in [-0.25, -0.2) is 19.2 Å².